The molecule has 1 aliphatic rings. The van der Waals surface area contributed by atoms with Crippen LogP contribution in [0.15, 0.2) is 0 Å². The Hall–Kier alpha value is 0.270. The van der Waals surface area contributed by atoms with Gasteiger partial charge in [-0.2, -0.15) is 12.6 Å². The van der Waals surface area contributed by atoms with E-state index < -0.39 is 0 Å². The van der Waals surface area contributed by atoms with E-state index in [1.54, 1.807) is 0 Å². The Balaban J connectivity index is 2.30. The summed E-state index contributed by atoms with van der Waals surface area (Å²) in [6.07, 6.45) is 0.753. The van der Waals surface area contributed by atoms with Crippen LogP contribution in [-0.2, 0) is 0 Å². The zero-order valence-corrected chi connectivity index (χ0v) is 6.44. The van der Waals surface area contributed by atoms with E-state index >= 15 is 0 Å². The van der Waals surface area contributed by atoms with Crippen molar-refractivity contribution in [2.45, 2.75) is 30.7 Å². The van der Waals surface area contributed by atoms with E-state index in [9.17, 15) is 0 Å². The second kappa shape index (κ2) is 2.90. The van der Waals surface area contributed by atoms with Crippen LogP contribution in [-0.4, -0.2) is 29.0 Å². The Kier molecular flexibility index (Phi) is 2.38. The maximum absolute atomic E-state index is 9.07. The maximum atomic E-state index is 9.07. The molecule has 0 aromatic heterocycles. The van der Waals surface area contributed by atoms with Crippen molar-refractivity contribution in [3.05, 3.63) is 0 Å². The molecule has 2 N–H and O–H groups in total. The highest BCUT2D eigenvalue weighted by Gasteiger charge is 2.24. The molecule has 0 aromatic carbocycles. The average molecular weight is 147 g/mol. The second-order valence-electron chi connectivity index (χ2n) is 2.64. The third-order valence-electron chi connectivity index (χ3n) is 1.72. The first-order valence-corrected chi connectivity index (χ1v) is 3.81. The van der Waals surface area contributed by atoms with Crippen LogP contribution in [0.25, 0.3) is 0 Å². The quantitative estimate of drug-likeness (QED) is 0.457. The predicted molar refractivity (Wildman–Crippen MR) is 40.9 cm³/mol. The third kappa shape index (κ3) is 1.85. The average Bonchev–Trinajstić information content (AvgIpc) is 2.14. The van der Waals surface area contributed by atoms with Gasteiger partial charge in [-0.3, -0.25) is 0 Å². The predicted octanol–water partition coefficient (Wildman–Crippen LogP) is 0.0275. The topological polar surface area (TPSA) is 32.3 Å². The molecule has 0 radical (unpaired) electrons. The van der Waals surface area contributed by atoms with Crippen molar-refractivity contribution in [3.63, 3.8) is 0 Å². The van der Waals surface area contributed by atoms with Crippen LogP contribution < -0.4 is 5.32 Å². The van der Waals surface area contributed by atoms with Crippen LogP contribution in [0.4, 0.5) is 0 Å². The lowest BCUT2D eigenvalue weighted by atomic mass is 10.1. The fourth-order valence-electron chi connectivity index (χ4n) is 1.11. The second-order valence-corrected chi connectivity index (χ2v) is 3.38. The molecule has 1 aliphatic heterocycles. The number of rotatable bonds is 1. The Bertz CT molecular complexity index is 97.1. The lowest BCUT2D eigenvalue weighted by molar-refractivity contribution is 0.154. The fraction of sp³-hybridized carbons (Fsp3) is 1.00. The van der Waals surface area contributed by atoms with Gasteiger partial charge in [-0.1, -0.05) is 0 Å². The van der Waals surface area contributed by atoms with Crippen LogP contribution >= 0.6 is 12.6 Å². The number of aliphatic hydroxyl groups is 1. The van der Waals surface area contributed by atoms with E-state index in [1.807, 2.05) is 6.92 Å². The van der Waals surface area contributed by atoms with E-state index in [-0.39, 0.29) is 12.1 Å². The fourth-order valence-corrected chi connectivity index (χ4v) is 1.45. The third-order valence-corrected chi connectivity index (χ3v) is 2.12. The van der Waals surface area contributed by atoms with E-state index in [4.69, 9.17) is 5.11 Å². The van der Waals surface area contributed by atoms with Crippen molar-refractivity contribution in [2.24, 2.45) is 0 Å². The summed E-state index contributed by atoms with van der Waals surface area (Å²) >= 11 is 4.27. The molecule has 0 spiro atoms. The van der Waals surface area contributed by atoms with Gasteiger partial charge >= 0.3 is 0 Å². The van der Waals surface area contributed by atoms with Crippen molar-refractivity contribution in [1.29, 1.82) is 0 Å². The Morgan fingerprint density at radius 2 is 2.44 bits per heavy atom. The van der Waals surface area contributed by atoms with Crippen LogP contribution in [0.5, 0.6) is 0 Å². The molecule has 0 aromatic rings. The summed E-state index contributed by atoms with van der Waals surface area (Å²) < 4.78 is 0. The number of nitrogens with one attached hydrogen (secondary N) is 1. The molecule has 54 valence electrons. The summed E-state index contributed by atoms with van der Waals surface area (Å²) in [4.78, 5) is 0. The maximum Gasteiger partial charge on any atom is 0.0665 e. The first-order valence-electron chi connectivity index (χ1n) is 3.29. The van der Waals surface area contributed by atoms with Gasteiger partial charge in [0.1, 0.15) is 0 Å². The molecule has 9 heavy (non-hydrogen) atoms. The van der Waals surface area contributed by atoms with E-state index in [1.165, 1.54) is 0 Å². The molecule has 3 atom stereocenters. The van der Waals surface area contributed by atoms with Gasteiger partial charge in [0.25, 0.3) is 0 Å². The largest absolute Gasteiger partial charge is 0.392 e. The highest BCUT2D eigenvalue weighted by Crippen LogP contribution is 2.13. The Morgan fingerprint density at radius 1 is 1.78 bits per heavy atom. The van der Waals surface area contributed by atoms with Gasteiger partial charge in [-0.25, -0.2) is 0 Å². The van der Waals surface area contributed by atoms with Gasteiger partial charge in [0.05, 0.1) is 6.10 Å². The molecule has 1 rings (SSSR count). The van der Waals surface area contributed by atoms with E-state index in [0.717, 1.165) is 13.0 Å². The smallest absolute Gasteiger partial charge is 0.0665 e. The first kappa shape index (κ1) is 7.38. The van der Waals surface area contributed by atoms with E-state index in [2.05, 4.69) is 17.9 Å². The van der Waals surface area contributed by atoms with Crippen molar-refractivity contribution in [1.82, 2.24) is 5.32 Å². The van der Waals surface area contributed by atoms with Crippen molar-refractivity contribution < 1.29 is 5.11 Å². The molecule has 2 nitrogen and oxygen atoms in total. The summed E-state index contributed by atoms with van der Waals surface area (Å²) in [6.45, 7) is 2.74. The summed E-state index contributed by atoms with van der Waals surface area (Å²) in [5, 5.41) is 12.7. The molecule has 1 saturated heterocycles. The monoisotopic (exact) mass is 147 g/mol. The summed E-state index contributed by atoms with van der Waals surface area (Å²) in [5.74, 6) is 0. The van der Waals surface area contributed by atoms with Crippen LogP contribution in [0.3, 0.4) is 0 Å². The van der Waals surface area contributed by atoms with Crippen molar-refractivity contribution >= 4 is 12.6 Å². The molecular weight excluding hydrogens is 134 g/mol. The number of hydrogen-bond donors (Lipinski definition) is 3. The van der Waals surface area contributed by atoms with Gasteiger partial charge in [-0.15, -0.1) is 0 Å². The van der Waals surface area contributed by atoms with Crippen molar-refractivity contribution in [3.8, 4) is 0 Å². The van der Waals surface area contributed by atoms with Gasteiger partial charge in [0.15, 0.2) is 0 Å². The summed E-state index contributed by atoms with van der Waals surface area (Å²) in [5.41, 5.74) is 0. The standard InChI is InChI=1S/C6H13NOS/c1-4(8)6-2-5(9)3-7-6/h4-9H,2-3H2,1H3/t4-,5?,6?/m0/s1. The van der Waals surface area contributed by atoms with Gasteiger partial charge in [-0.05, 0) is 13.3 Å². The Morgan fingerprint density at radius 3 is 2.67 bits per heavy atom. The molecule has 1 fully saturated rings. The molecule has 0 aliphatic carbocycles. The van der Waals surface area contributed by atoms with Crippen LogP contribution in [0.1, 0.15) is 13.3 Å². The molecule has 2 unspecified atom stereocenters. The zero-order valence-electron chi connectivity index (χ0n) is 5.54. The lowest BCUT2D eigenvalue weighted by Gasteiger charge is -2.11. The molecule has 0 bridgehead atoms. The minimum Gasteiger partial charge on any atom is -0.392 e. The molecule has 0 amide bonds. The van der Waals surface area contributed by atoms with Gasteiger partial charge < -0.3 is 10.4 Å². The Labute approximate surface area is 61.1 Å². The molecular formula is C6H13NOS. The number of thiol groups is 1. The summed E-state index contributed by atoms with van der Waals surface area (Å²) in [6, 6.07) is 0.271. The SMILES string of the molecule is C[C@H](O)C1CC(S)CN1. The van der Waals surface area contributed by atoms with Crippen molar-refractivity contribution in [2.75, 3.05) is 6.54 Å². The zero-order chi connectivity index (χ0) is 6.85. The lowest BCUT2D eigenvalue weighted by Crippen LogP contribution is -2.32. The number of hydrogen-bond acceptors (Lipinski definition) is 3. The molecule has 3 heteroatoms. The minimum absolute atomic E-state index is 0.234. The normalized spacial score (nSPS) is 39.0. The molecule has 1 heterocycles. The summed E-state index contributed by atoms with van der Waals surface area (Å²) in [7, 11) is 0. The first-order chi connectivity index (χ1) is 4.20. The highest BCUT2D eigenvalue weighted by molar-refractivity contribution is 7.81. The van der Waals surface area contributed by atoms with E-state index in [0.29, 0.717) is 5.25 Å². The minimum atomic E-state index is -0.234. The molecule has 0 saturated carbocycles. The van der Waals surface area contributed by atoms with Gasteiger partial charge in [0, 0.05) is 17.8 Å². The highest BCUT2D eigenvalue weighted by atomic mass is 32.1. The van der Waals surface area contributed by atoms with Gasteiger partial charge in [0.2, 0.25) is 0 Å². The van der Waals surface area contributed by atoms with Crippen LogP contribution in [0, 0.1) is 0 Å². The number of aliphatic hydroxyl groups excluding tert-OH is 1. The van der Waals surface area contributed by atoms with Crippen LogP contribution in [0.2, 0.25) is 0 Å².